The van der Waals surface area contributed by atoms with E-state index in [1.165, 1.54) is 0 Å². The van der Waals surface area contributed by atoms with Crippen molar-refractivity contribution < 1.29 is 9.53 Å². The first-order valence-corrected chi connectivity index (χ1v) is 6.64. The van der Waals surface area contributed by atoms with Gasteiger partial charge in [0.2, 0.25) is 0 Å². The molecule has 4 nitrogen and oxygen atoms in total. The van der Waals surface area contributed by atoms with E-state index in [0.29, 0.717) is 12.2 Å². The highest BCUT2D eigenvalue weighted by Crippen LogP contribution is 2.18. The molecule has 1 N–H and O–H groups in total. The lowest BCUT2D eigenvalue weighted by Crippen LogP contribution is -2.37. The average Bonchev–Trinajstić information content (AvgIpc) is 2.88. The molecule has 0 aliphatic carbocycles. The van der Waals surface area contributed by atoms with Crippen LogP contribution in [0.1, 0.15) is 30.9 Å². The van der Waals surface area contributed by atoms with Crippen LogP contribution in [-0.2, 0) is 16.0 Å². The minimum Gasteiger partial charge on any atom is -0.465 e. The van der Waals surface area contributed by atoms with Gasteiger partial charge >= 0.3 is 5.97 Å². The normalized spacial score (nSPS) is 20.8. The first-order chi connectivity index (χ1) is 9.22. The molecule has 1 heterocycles. The summed E-state index contributed by atoms with van der Waals surface area (Å²) >= 11 is 0. The highest BCUT2D eigenvalue weighted by atomic mass is 35.5. The molecule has 0 saturated carbocycles. The Balaban J connectivity index is 0.00000200. The highest BCUT2D eigenvalue weighted by molar-refractivity contribution is 5.85. The molecule has 2 atom stereocenters. The van der Waals surface area contributed by atoms with Crippen LogP contribution in [0.15, 0.2) is 24.3 Å². The first-order valence-electron chi connectivity index (χ1n) is 6.64. The van der Waals surface area contributed by atoms with Crippen LogP contribution in [0, 0.1) is 11.3 Å². The molecular formula is C15H19ClN2O2. The van der Waals surface area contributed by atoms with Crippen LogP contribution in [0.5, 0.6) is 0 Å². The fourth-order valence-corrected chi connectivity index (χ4v) is 2.46. The number of rotatable bonds is 4. The molecule has 5 heteroatoms. The van der Waals surface area contributed by atoms with E-state index < -0.39 is 0 Å². The van der Waals surface area contributed by atoms with E-state index in [9.17, 15) is 4.79 Å². The molecule has 0 radical (unpaired) electrons. The Kier molecular flexibility index (Phi) is 6.50. The van der Waals surface area contributed by atoms with Crippen molar-refractivity contribution in [2.75, 3.05) is 6.61 Å². The van der Waals surface area contributed by atoms with Gasteiger partial charge in [-0.15, -0.1) is 12.4 Å². The summed E-state index contributed by atoms with van der Waals surface area (Å²) in [5.74, 6) is -0.157. The van der Waals surface area contributed by atoms with Gasteiger partial charge in [0.15, 0.2) is 0 Å². The molecule has 0 aromatic heterocycles. The Morgan fingerprint density at radius 2 is 2.30 bits per heavy atom. The number of nitrogens with one attached hydrogen (secondary N) is 1. The molecule has 0 bridgehead atoms. The van der Waals surface area contributed by atoms with Crippen molar-refractivity contribution >= 4 is 18.4 Å². The summed E-state index contributed by atoms with van der Waals surface area (Å²) in [6.45, 7) is 2.24. The minimum atomic E-state index is -0.177. The number of benzene rings is 1. The van der Waals surface area contributed by atoms with E-state index in [0.717, 1.165) is 24.8 Å². The Bertz CT molecular complexity index is 499. The highest BCUT2D eigenvalue weighted by Gasteiger charge is 2.29. The molecule has 20 heavy (non-hydrogen) atoms. The summed E-state index contributed by atoms with van der Waals surface area (Å²) in [6.07, 6.45) is 2.62. The Morgan fingerprint density at radius 3 is 3.00 bits per heavy atom. The van der Waals surface area contributed by atoms with Crippen LogP contribution in [0.25, 0.3) is 0 Å². The van der Waals surface area contributed by atoms with Crippen LogP contribution in [-0.4, -0.2) is 24.7 Å². The maximum atomic E-state index is 11.6. The van der Waals surface area contributed by atoms with Crippen molar-refractivity contribution in [3.63, 3.8) is 0 Å². The predicted octanol–water partition coefficient (Wildman–Crippen LogP) is 2.21. The van der Waals surface area contributed by atoms with Crippen molar-refractivity contribution in [3.05, 3.63) is 35.4 Å². The average molecular weight is 295 g/mol. The third-order valence-corrected chi connectivity index (χ3v) is 3.35. The number of carbonyl (C=O) groups excluding carboxylic acids is 1. The van der Waals surface area contributed by atoms with Crippen molar-refractivity contribution in [1.29, 1.82) is 5.26 Å². The second-order valence-electron chi connectivity index (χ2n) is 4.76. The fraction of sp³-hybridized carbons (Fsp3) is 0.467. The molecule has 0 amide bonds. The molecule has 1 aliphatic heterocycles. The van der Waals surface area contributed by atoms with E-state index in [1.807, 2.05) is 25.1 Å². The van der Waals surface area contributed by atoms with Crippen molar-refractivity contribution in [2.45, 2.75) is 38.3 Å². The van der Waals surface area contributed by atoms with E-state index in [1.54, 1.807) is 6.07 Å². The van der Waals surface area contributed by atoms with Crippen molar-refractivity contribution in [3.8, 4) is 6.07 Å². The van der Waals surface area contributed by atoms with Crippen LogP contribution in [0.3, 0.4) is 0 Å². The van der Waals surface area contributed by atoms with Crippen LogP contribution in [0.4, 0.5) is 0 Å². The number of hydrogen-bond donors (Lipinski definition) is 1. The second kappa shape index (κ2) is 7.88. The Hall–Kier alpha value is -1.57. The fourth-order valence-electron chi connectivity index (χ4n) is 2.46. The van der Waals surface area contributed by atoms with Gasteiger partial charge in [-0.1, -0.05) is 12.1 Å². The largest absolute Gasteiger partial charge is 0.465 e. The number of nitrogens with zero attached hydrogens (tertiary/aromatic N) is 1. The molecule has 2 rings (SSSR count). The lowest BCUT2D eigenvalue weighted by Gasteiger charge is -2.13. The number of carbonyl (C=O) groups is 1. The van der Waals surface area contributed by atoms with Gasteiger partial charge in [-0.2, -0.15) is 5.26 Å². The molecule has 1 aromatic rings. The molecule has 1 saturated heterocycles. The standard InChI is InChI=1S/C15H18N2O2.ClH/c1-2-19-15(18)14-7-6-13(17-14)9-11-4-3-5-12(8-11)10-16;/h3-5,8,13-14,17H,2,6-7,9H2,1H3;1H/t13-,14+;/m0./s1. The third-order valence-electron chi connectivity index (χ3n) is 3.35. The van der Waals surface area contributed by atoms with Crippen molar-refractivity contribution in [2.24, 2.45) is 0 Å². The summed E-state index contributed by atoms with van der Waals surface area (Å²) in [6, 6.07) is 9.85. The topological polar surface area (TPSA) is 62.1 Å². The Labute approximate surface area is 125 Å². The summed E-state index contributed by atoms with van der Waals surface area (Å²) in [5, 5.41) is 12.2. The zero-order chi connectivity index (χ0) is 13.7. The monoisotopic (exact) mass is 294 g/mol. The molecule has 1 aromatic carbocycles. The second-order valence-corrected chi connectivity index (χ2v) is 4.76. The van der Waals surface area contributed by atoms with Gasteiger partial charge in [0.1, 0.15) is 6.04 Å². The number of halogens is 1. The van der Waals surface area contributed by atoms with Gasteiger partial charge < -0.3 is 10.1 Å². The molecular weight excluding hydrogens is 276 g/mol. The zero-order valence-corrected chi connectivity index (χ0v) is 12.3. The lowest BCUT2D eigenvalue weighted by molar-refractivity contribution is -0.145. The summed E-state index contributed by atoms with van der Waals surface area (Å²) in [7, 11) is 0. The van der Waals surface area contributed by atoms with Gasteiger partial charge in [-0.3, -0.25) is 4.79 Å². The van der Waals surface area contributed by atoms with Gasteiger partial charge in [0.05, 0.1) is 18.2 Å². The maximum absolute atomic E-state index is 11.6. The maximum Gasteiger partial charge on any atom is 0.323 e. The molecule has 0 spiro atoms. The summed E-state index contributed by atoms with van der Waals surface area (Å²) in [5.41, 5.74) is 1.80. The predicted molar refractivity (Wildman–Crippen MR) is 78.7 cm³/mol. The summed E-state index contributed by atoms with van der Waals surface area (Å²) in [4.78, 5) is 11.6. The third kappa shape index (κ3) is 4.22. The van der Waals surface area contributed by atoms with Gasteiger partial charge in [-0.05, 0) is 43.9 Å². The van der Waals surface area contributed by atoms with Crippen LogP contribution < -0.4 is 5.32 Å². The van der Waals surface area contributed by atoms with E-state index in [-0.39, 0.29) is 30.5 Å². The Morgan fingerprint density at radius 1 is 1.50 bits per heavy atom. The van der Waals surface area contributed by atoms with E-state index >= 15 is 0 Å². The molecule has 1 aliphatic rings. The minimum absolute atomic E-state index is 0. The van der Waals surface area contributed by atoms with E-state index in [2.05, 4.69) is 11.4 Å². The first kappa shape index (κ1) is 16.5. The number of esters is 1. The molecule has 108 valence electrons. The number of nitriles is 1. The van der Waals surface area contributed by atoms with Gasteiger partial charge in [0.25, 0.3) is 0 Å². The summed E-state index contributed by atoms with van der Waals surface area (Å²) < 4.78 is 5.02. The molecule has 0 unspecified atom stereocenters. The number of hydrogen-bond acceptors (Lipinski definition) is 4. The van der Waals surface area contributed by atoms with Gasteiger partial charge in [-0.25, -0.2) is 0 Å². The van der Waals surface area contributed by atoms with Crippen LogP contribution >= 0.6 is 12.4 Å². The van der Waals surface area contributed by atoms with Crippen molar-refractivity contribution in [1.82, 2.24) is 5.32 Å². The smallest absolute Gasteiger partial charge is 0.323 e. The van der Waals surface area contributed by atoms with Crippen LogP contribution in [0.2, 0.25) is 0 Å². The lowest BCUT2D eigenvalue weighted by atomic mass is 10.0. The van der Waals surface area contributed by atoms with E-state index in [4.69, 9.17) is 10.00 Å². The SMILES string of the molecule is CCOC(=O)[C@H]1CC[C@@H](Cc2cccc(C#N)c2)N1.Cl. The zero-order valence-electron chi connectivity index (χ0n) is 11.5. The van der Waals surface area contributed by atoms with Gasteiger partial charge in [0, 0.05) is 6.04 Å². The quantitative estimate of drug-likeness (QED) is 0.865. The molecule has 1 fully saturated rings. The number of ether oxygens (including phenoxy) is 1.